The number of ether oxygens (including phenoxy) is 8. The zero-order valence-electron chi connectivity index (χ0n) is 36.2. The van der Waals surface area contributed by atoms with Gasteiger partial charge in [-0.3, -0.25) is 33.7 Å². The summed E-state index contributed by atoms with van der Waals surface area (Å²) in [5.74, 6) is 0.960. The Balaban J connectivity index is 1.67. The van der Waals surface area contributed by atoms with Crippen LogP contribution in [-0.2, 0) is 66.7 Å². The normalized spacial score (nSPS) is 14.3. The molecule has 5 amide bonds. The summed E-state index contributed by atoms with van der Waals surface area (Å²) in [6, 6.07) is 0. The Morgan fingerprint density at radius 2 is 0.770 bits per heavy atom. The summed E-state index contributed by atoms with van der Waals surface area (Å²) in [5, 5.41) is 0. The van der Waals surface area contributed by atoms with Crippen LogP contribution in [0.4, 0.5) is 4.79 Å². The maximum Gasteiger partial charge on any atom is 0.410 e. The summed E-state index contributed by atoms with van der Waals surface area (Å²) in [6.45, 7) is 11.3. The van der Waals surface area contributed by atoms with E-state index in [1.165, 1.54) is 37.4 Å². The highest BCUT2D eigenvalue weighted by Gasteiger charge is 2.31. The van der Waals surface area contributed by atoms with E-state index in [1.54, 1.807) is 19.6 Å². The van der Waals surface area contributed by atoms with E-state index in [-0.39, 0.29) is 112 Å². The molecule has 0 aromatic rings. The maximum absolute atomic E-state index is 13.4. The zero-order valence-corrected chi connectivity index (χ0v) is 37.8. The SMILES string of the molecule is CCOCCOC(=O)N(CC(=O)N1CCN(C(=O)CSCCOCCOCCOCC(C)=O)CC1)CC(=O)N1CCN(C(=O)CSCCOCCOCCOCC(C)=O)CC1. The van der Waals surface area contributed by atoms with Crippen molar-refractivity contribution in [3.8, 4) is 0 Å². The standard InChI is InChI=1S/C39H67N5O15S2/c1-4-52-21-22-59-39(51)44(27-35(47)40-5-9-42(10-6-40)37(49)31-60-25-23-55-15-13-53-17-19-57-29-33(2)45)28-36(48)41-7-11-43(12-8-41)38(50)32-61-26-24-56-16-14-54-18-20-58-30-34(3)46/h4-32H2,1-3H3. The number of amides is 5. The first-order chi connectivity index (χ1) is 29.5. The number of hydrogen-bond donors (Lipinski definition) is 0. The monoisotopic (exact) mass is 909 g/mol. The van der Waals surface area contributed by atoms with Gasteiger partial charge in [-0.25, -0.2) is 4.79 Å². The molecule has 0 atom stereocenters. The molecule has 22 heteroatoms. The molecule has 0 spiro atoms. The number of rotatable bonds is 34. The van der Waals surface area contributed by atoms with Gasteiger partial charge >= 0.3 is 6.09 Å². The summed E-state index contributed by atoms with van der Waals surface area (Å²) < 4.78 is 42.7. The van der Waals surface area contributed by atoms with Gasteiger partial charge in [0.1, 0.15) is 32.9 Å². The lowest BCUT2D eigenvalue weighted by molar-refractivity contribution is -0.141. The minimum absolute atomic E-state index is 0.0348. The van der Waals surface area contributed by atoms with E-state index in [0.29, 0.717) is 110 Å². The molecule has 0 aliphatic carbocycles. The molecular weight excluding hydrogens is 843 g/mol. The third-order valence-corrected chi connectivity index (χ3v) is 10.6. The summed E-state index contributed by atoms with van der Waals surface area (Å²) >= 11 is 2.92. The highest BCUT2D eigenvalue weighted by Crippen LogP contribution is 2.11. The molecule has 0 radical (unpaired) electrons. The molecule has 2 aliphatic rings. The Kier molecular flexibility index (Phi) is 30.5. The van der Waals surface area contributed by atoms with E-state index < -0.39 is 6.09 Å². The van der Waals surface area contributed by atoms with Crippen molar-refractivity contribution >= 4 is 64.8 Å². The van der Waals surface area contributed by atoms with Crippen LogP contribution in [0, 0.1) is 0 Å². The fraction of sp³-hybridized carbons (Fsp3) is 0.821. The van der Waals surface area contributed by atoms with E-state index in [1.807, 2.05) is 6.92 Å². The van der Waals surface area contributed by atoms with Gasteiger partial charge in [-0.05, 0) is 20.8 Å². The van der Waals surface area contributed by atoms with Gasteiger partial charge in [-0.1, -0.05) is 0 Å². The fourth-order valence-electron chi connectivity index (χ4n) is 5.59. The van der Waals surface area contributed by atoms with Crippen LogP contribution in [0.5, 0.6) is 0 Å². The molecule has 0 saturated carbocycles. The van der Waals surface area contributed by atoms with Crippen LogP contribution in [0.1, 0.15) is 20.8 Å². The second-order valence-electron chi connectivity index (χ2n) is 13.8. The van der Waals surface area contributed by atoms with Crippen LogP contribution in [-0.4, -0.2) is 253 Å². The van der Waals surface area contributed by atoms with Gasteiger partial charge in [0, 0.05) is 70.5 Å². The van der Waals surface area contributed by atoms with Crippen LogP contribution in [0.15, 0.2) is 0 Å². The van der Waals surface area contributed by atoms with Crippen molar-refractivity contribution in [1.29, 1.82) is 0 Å². The number of ketones is 2. The largest absolute Gasteiger partial charge is 0.447 e. The van der Waals surface area contributed by atoms with Crippen molar-refractivity contribution in [2.45, 2.75) is 20.8 Å². The third-order valence-electron chi connectivity index (χ3n) is 8.83. The minimum Gasteiger partial charge on any atom is -0.447 e. The zero-order chi connectivity index (χ0) is 44.5. The predicted molar refractivity (Wildman–Crippen MR) is 227 cm³/mol. The summed E-state index contributed by atoms with van der Waals surface area (Å²) in [5.41, 5.74) is 0. The molecule has 2 fully saturated rings. The molecule has 0 N–H and O–H groups in total. The second-order valence-corrected chi connectivity index (χ2v) is 16.0. The van der Waals surface area contributed by atoms with Crippen molar-refractivity contribution in [3.63, 3.8) is 0 Å². The van der Waals surface area contributed by atoms with Crippen molar-refractivity contribution in [1.82, 2.24) is 24.5 Å². The average molecular weight is 910 g/mol. The molecule has 0 aromatic carbocycles. The Hall–Kier alpha value is -3.09. The topological polar surface area (TPSA) is 210 Å². The van der Waals surface area contributed by atoms with E-state index in [2.05, 4.69) is 0 Å². The first-order valence-corrected chi connectivity index (χ1v) is 23.0. The molecule has 0 bridgehead atoms. The molecule has 20 nitrogen and oxygen atoms in total. The molecule has 61 heavy (non-hydrogen) atoms. The number of carbonyl (C=O) groups is 7. The molecule has 0 unspecified atom stereocenters. The van der Waals surface area contributed by atoms with Crippen molar-refractivity contribution in [2.24, 2.45) is 0 Å². The first-order valence-electron chi connectivity index (χ1n) is 20.7. The van der Waals surface area contributed by atoms with Gasteiger partial charge in [-0.2, -0.15) is 0 Å². The van der Waals surface area contributed by atoms with Crippen LogP contribution in [0.3, 0.4) is 0 Å². The number of carbonyl (C=O) groups excluding carboxylic acids is 7. The number of Topliss-reactive ketones (excluding diaryl/α,β-unsaturated/α-hetero) is 2. The Morgan fingerprint density at radius 1 is 0.443 bits per heavy atom. The van der Waals surface area contributed by atoms with Gasteiger partial charge in [0.15, 0.2) is 11.6 Å². The summed E-state index contributed by atoms with van der Waals surface area (Å²) in [7, 11) is 0. The van der Waals surface area contributed by atoms with Gasteiger partial charge < -0.3 is 57.5 Å². The second kappa shape index (κ2) is 34.4. The third kappa shape index (κ3) is 26.2. The summed E-state index contributed by atoms with van der Waals surface area (Å²) in [6.07, 6.45) is -0.808. The lowest BCUT2D eigenvalue weighted by Crippen LogP contribution is -2.56. The van der Waals surface area contributed by atoms with Gasteiger partial charge in [0.2, 0.25) is 23.6 Å². The number of piperazine rings is 2. The molecule has 2 heterocycles. The molecule has 2 aliphatic heterocycles. The van der Waals surface area contributed by atoms with Gasteiger partial charge in [0.05, 0.1) is 84.2 Å². The van der Waals surface area contributed by atoms with Crippen LogP contribution < -0.4 is 0 Å². The van der Waals surface area contributed by atoms with Crippen molar-refractivity contribution in [2.75, 3.05) is 188 Å². The smallest absolute Gasteiger partial charge is 0.410 e. The predicted octanol–water partition coefficient (Wildman–Crippen LogP) is -0.453. The highest BCUT2D eigenvalue weighted by molar-refractivity contribution is 8.00. The molecule has 0 aromatic heterocycles. The fourth-order valence-corrected chi connectivity index (χ4v) is 7.07. The quantitative estimate of drug-likeness (QED) is 0.0749. The number of nitrogens with zero attached hydrogens (tertiary/aromatic N) is 5. The first kappa shape index (κ1) is 54.0. The van der Waals surface area contributed by atoms with E-state index in [0.717, 1.165) is 4.90 Å². The van der Waals surface area contributed by atoms with Gasteiger partial charge in [0.25, 0.3) is 0 Å². The summed E-state index contributed by atoms with van der Waals surface area (Å²) in [4.78, 5) is 94.8. The minimum atomic E-state index is -0.808. The van der Waals surface area contributed by atoms with Crippen LogP contribution in [0.2, 0.25) is 0 Å². The Morgan fingerprint density at radius 3 is 1.13 bits per heavy atom. The molecule has 350 valence electrons. The molecule has 2 rings (SSSR count). The number of hydrogen-bond acceptors (Lipinski definition) is 17. The lowest BCUT2D eigenvalue weighted by atomic mass is 10.3. The maximum atomic E-state index is 13.4. The van der Waals surface area contributed by atoms with Crippen LogP contribution in [0.25, 0.3) is 0 Å². The van der Waals surface area contributed by atoms with E-state index in [4.69, 9.17) is 37.9 Å². The lowest BCUT2D eigenvalue weighted by Gasteiger charge is -2.37. The van der Waals surface area contributed by atoms with Crippen LogP contribution >= 0.6 is 23.5 Å². The van der Waals surface area contributed by atoms with E-state index >= 15 is 0 Å². The average Bonchev–Trinajstić information content (AvgIpc) is 3.25. The van der Waals surface area contributed by atoms with Gasteiger partial charge in [-0.15, -0.1) is 23.5 Å². The Labute approximate surface area is 368 Å². The number of thioether (sulfide) groups is 2. The Bertz CT molecular complexity index is 1220. The van der Waals surface area contributed by atoms with E-state index in [9.17, 15) is 33.6 Å². The molecule has 2 saturated heterocycles. The molecular formula is C39H67N5O15S2. The van der Waals surface area contributed by atoms with Crippen molar-refractivity contribution in [3.05, 3.63) is 0 Å². The highest BCUT2D eigenvalue weighted by atomic mass is 32.2. The van der Waals surface area contributed by atoms with Crippen molar-refractivity contribution < 1.29 is 71.5 Å².